The number of thiophene rings is 1. The van der Waals surface area contributed by atoms with Gasteiger partial charge in [-0.15, -0.1) is 16.4 Å². The average Bonchev–Trinajstić information content (AvgIpc) is 3.46. The van der Waals surface area contributed by atoms with Crippen LogP contribution in [0.3, 0.4) is 0 Å². The van der Waals surface area contributed by atoms with Crippen LogP contribution >= 0.6 is 23.1 Å². The highest BCUT2D eigenvalue weighted by atomic mass is 32.2. The van der Waals surface area contributed by atoms with Gasteiger partial charge in [0, 0.05) is 35.5 Å². The lowest BCUT2D eigenvalue weighted by molar-refractivity contribution is -0.117. The molecule has 1 fully saturated rings. The normalized spacial score (nSPS) is 14.0. The highest BCUT2D eigenvalue weighted by molar-refractivity contribution is 7.99. The van der Waals surface area contributed by atoms with Crippen LogP contribution in [0.2, 0.25) is 0 Å². The number of ketones is 1. The Morgan fingerprint density at radius 2 is 2.07 bits per heavy atom. The minimum absolute atomic E-state index is 0.0112. The molecule has 3 heterocycles. The van der Waals surface area contributed by atoms with Crippen LogP contribution in [-0.2, 0) is 17.8 Å². The molecular formula is C19H19N5O2S2. The van der Waals surface area contributed by atoms with Gasteiger partial charge in [0.2, 0.25) is 11.1 Å². The first-order chi connectivity index (χ1) is 13.7. The number of thioether (sulfide) groups is 1. The molecule has 0 radical (unpaired) electrons. The molecule has 1 aromatic carbocycles. The van der Waals surface area contributed by atoms with Crippen LogP contribution in [0.25, 0.3) is 0 Å². The number of amides is 1. The van der Waals surface area contributed by atoms with Crippen molar-refractivity contribution in [1.82, 2.24) is 20.2 Å². The number of Topliss-reactive ketones (excluding diaryl/α,β-unsaturated/α-hetero) is 1. The van der Waals surface area contributed by atoms with Crippen LogP contribution in [0.5, 0.6) is 0 Å². The Kier molecular flexibility index (Phi) is 5.82. The van der Waals surface area contributed by atoms with Crippen molar-refractivity contribution in [1.29, 1.82) is 0 Å². The molecule has 0 spiro atoms. The van der Waals surface area contributed by atoms with Crippen LogP contribution in [-0.4, -0.2) is 44.2 Å². The number of tetrazole rings is 1. The van der Waals surface area contributed by atoms with E-state index in [1.807, 2.05) is 23.6 Å². The maximum atomic E-state index is 12.5. The number of hydrogen-bond donors (Lipinski definition) is 0. The first-order valence-corrected chi connectivity index (χ1v) is 10.9. The van der Waals surface area contributed by atoms with Crippen LogP contribution in [0, 0.1) is 0 Å². The second-order valence-electron chi connectivity index (χ2n) is 6.42. The van der Waals surface area contributed by atoms with E-state index in [1.54, 1.807) is 33.1 Å². The lowest BCUT2D eigenvalue weighted by atomic mass is 10.1. The Labute approximate surface area is 170 Å². The minimum Gasteiger partial charge on any atom is -0.312 e. The zero-order chi connectivity index (χ0) is 19.3. The van der Waals surface area contributed by atoms with Crippen LogP contribution < -0.4 is 4.90 Å². The van der Waals surface area contributed by atoms with Gasteiger partial charge >= 0.3 is 0 Å². The molecule has 4 rings (SSSR count). The van der Waals surface area contributed by atoms with Gasteiger partial charge in [0.1, 0.15) is 0 Å². The van der Waals surface area contributed by atoms with Gasteiger partial charge in [0.15, 0.2) is 5.78 Å². The number of rotatable bonds is 8. The van der Waals surface area contributed by atoms with Crippen molar-refractivity contribution in [3.05, 3.63) is 52.2 Å². The van der Waals surface area contributed by atoms with Crippen molar-refractivity contribution in [2.45, 2.75) is 31.0 Å². The summed E-state index contributed by atoms with van der Waals surface area (Å²) in [6.07, 6.45) is 2.34. The molecule has 1 saturated heterocycles. The van der Waals surface area contributed by atoms with E-state index in [4.69, 9.17) is 0 Å². The molecule has 0 aliphatic carbocycles. The maximum absolute atomic E-state index is 12.5. The molecule has 7 nitrogen and oxygen atoms in total. The molecule has 1 aliphatic rings. The summed E-state index contributed by atoms with van der Waals surface area (Å²) in [7, 11) is 0. The van der Waals surface area contributed by atoms with Crippen molar-refractivity contribution in [2.24, 2.45) is 0 Å². The first-order valence-electron chi connectivity index (χ1n) is 9.06. The van der Waals surface area contributed by atoms with Crippen LogP contribution in [0.4, 0.5) is 5.69 Å². The molecule has 1 aliphatic heterocycles. The fraction of sp³-hybridized carbons (Fsp3) is 0.316. The van der Waals surface area contributed by atoms with Crippen LogP contribution in [0.15, 0.2) is 46.9 Å². The van der Waals surface area contributed by atoms with Crippen LogP contribution in [0.1, 0.15) is 28.1 Å². The number of nitrogens with zero attached hydrogens (tertiary/aromatic N) is 5. The topological polar surface area (TPSA) is 81.0 Å². The van der Waals surface area contributed by atoms with E-state index in [9.17, 15) is 9.59 Å². The van der Waals surface area contributed by atoms with Gasteiger partial charge in [-0.2, -0.15) is 0 Å². The third-order valence-corrected chi connectivity index (χ3v) is 6.45. The predicted molar refractivity (Wildman–Crippen MR) is 109 cm³/mol. The van der Waals surface area contributed by atoms with Gasteiger partial charge in [-0.25, -0.2) is 4.68 Å². The van der Waals surface area contributed by atoms with E-state index in [2.05, 4.69) is 21.6 Å². The maximum Gasteiger partial charge on any atom is 0.227 e. The SMILES string of the molecule is O=C(CSc1nnnn1CCc1cccs1)c1ccc(N2CCCC2=O)cc1. The molecule has 0 atom stereocenters. The smallest absolute Gasteiger partial charge is 0.227 e. The first kappa shape index (κ1) is 18.8. The van der Waals surface area contributed by atoms with Gasteiger partial charge in [-0.3, -0.25) is 9.59 Å². The van der Waals surface area contributed by atoms with Gasteiger partial charge in [0.25, 0.3) is 0 Å². The average molecular weight is 414 g/mol. The van der Waals surface area contributed by atoms with Crippen molar-refractivity contribution in [3.8, 4) is 0 Å². The molecular weight excluding hydrogens is 394 g/mol. The monoisotopic (exact) mass is 413 g/mol. The zero-order valence-electron chi connectivity index (χ0n) is 15.2. The fourth-order valence-corrected chi connectivity index (χ4v) is 4.57. The summed E-state index contributed by atoms with van der Waals surface area (Å²) in [5.74, 6) is 0.419. The summed E-state index contributed by atoms with van der Waals surface area (Å²) in [6.45, 7) is 1.43. The highest BCUT2D eigenvalue weighted by Crippen LogP contribution is 2.23. The largest absolute Gasteiger partial charge is 0.312 e. The number of hydrogen-bond acceptors (Lipinski definition) is 7. The molecule has 0 saturated carbocycles. The second kappa shape index (κ2) is 8.66. The summed E-state index contributed by atoms with van der Waals surface area (Å²) in [5.41, 5.74) is 1.48. The van der Waals surface area contributed by atoms with E-state index < -0.39 is 0 Å². The summed E-state index contributed by atoms with van der Waals surface area (Å²) in [4.78, 5) is 27.4. The van der Waals surface area contributed by atoms with E-state index in [0.29, 0.717) is 23.7 Å². The number of carbonyl (C=O) groups is 2. The summed E-state index contributed by atoms with van der Waals surface area (Å²) < 4.78 is 1.74. The summed E-state index contributed by atoms with van der Waals surface area (Å²) in [6, 6.07) is 11.4. The molecule has 0 bridgehead atoms. The lowest BCUT2D eigenvalue weighted by Crippen LogP contribution is -2.23. The number of anilines is 1. The Bertz CT molecular complexity index is 953. The number of carbonyl (C=O) groups excluding carboxylic acids is 2. The molecule has 2 aromatic heterocycles. The third-order valence-electron chi connectivity index (χ3n) is 4.56. The summed E-state index contributed by atoms with van der Waals surface area (Å²) >= 11 is 3.05. The highest BCUT2D eigenvalue weighted by Gasteiger charge is 2.21. The Balaban J connectivity index is 1.33. The van der Waals surface area contributed by atoms with Crippen molar-refractivity contribution >= 4 is 40.5 Å². The Morgan fingerprint density at radius 3 is 2.79 bits per heavy atom. The quantitative estimate of drug-likeness (QED) is 0.417. The van der Waals surface area contributed by atoms with E-state index in [0.717, 1.165) is 25.1 Å². The molecule has 1 amide bonds. The van der Waals surface area contributed by atoms with Gasteiger partial charge < -0.3 is 4.90 Å². The Hall–Kier alpha value is -2.52. The fourth-order valence-electron chi connectivity index (χ4n) is 3.07. The second-order valence-corrected chi connectivity index (χ2v) is 8.40. The van der Waals surface area contributed by atoms with E-state index in [-0.39, 0.29) is 17.4 Å². The zero-order valence-corrected chi connectivity index (χ0v) is 16.8. The number of benzene rings is 1. The van der Waals surface area contributed by atoms with E-state index >= 15 is 0 Å². The van der Waals surface area contributed by atoms with Crippen molar-refractivity contribution in [2.75, 3.05) is 17.2 Å². The molecule has 28 heavy (non-hydrogen) atoms. The van der Waals surface area contributed by atoms with Crippen molar-refractivity contribution in [3.63, 3.8) is 0 Å². The minimum atomic E-state index is 0.0112. The molecule has 3 aromatic rings. The third kappa shape index (κ3) is 4.31. The summed E-state index contributed by atoms with van der Waals surface area (Å²) in [5, 5.41) is 14.5. The van der Waals surface area contributed by atoms with E-state index in [1.165, 1.54) is 16.6 Å². The number of aromatic nitrogens is 4. The number of aryl methyl sites for hydroxylation is 2. The standard InChI is InChI=1S/C19H19N5O2S2/c25-17(14-5-7-15(8-6-14)23-10-1-4-18(23)26)13-28-19-20-21-22-24(19)11-9-16-3-2-12-27-16/h2-3,5-8,12H,1,4,9-11,13H2. The van der Waals surface area contributed by atoms with Gasteiger partial charge in [-0.05, 0) is 52.6 Å². The van der Waals surface area contributed by atoms with Gasteiger partial charge in [-0.1, -0.05) is 17.8 Å². The predicted octanol–water partition coefficient (Wildman–Crippen LogP) is 3.08. The lowest BCUT2D eigenvalue weighted by Gasteiger charge is -2.15. The van der Waals surface area contributed by atoms with Gasteiger partial charge in [0.05, 0.1) is 12.3 Å². The molecule has 0 unspecified atom stereocenters. The molecule has 144 valence electrons. The molecule has 0 N–H and O–H groups in total. The van der Waals surface area contributed by atoms with Crippen molar-refractivity contribution < 1.29 is 9.59 Å². The Morgan fingerprint density at radius 1 is 1.21 bits per heavy atom. The molecule has 9 heteroatoms.